The fourth-order valence-electron chi connectivity index (χ4n) is 3.44. The summed E-state index contributed by atoms with van der Waals surface area (Å²) in [4.78, 5) is 40.0. The Labute approximate surface area is 168 Å². The number of rotatable bonds is 5. The first-order valence-corrected chi connectivity index (χ1v) is 10.6. The van der Waals surface area contributed by atoms with Crippen LogP contribution in [0.5, 0.6) is 0 Å². The quantitative estimate of drug-likeness (QED) is 0.784. The van der Waals surface area contributed by atoms with Gasteiger partial charge in [-0.3, -0.25) is 14.4 Å². The highest BCUT2D eigenvalue weighted by Crippen LogP contribution is 2.21. The molecule has 2 heterocycles. The van der Waals surface area contributed by atoms with Crippen LogP contribution in [0.4, 0.5) is 0 Å². The highest BCUT2D eigenvalue weighted by Gasteiger charge is 2.25. The average molecular weight is 400 g/mol. The van der Waals surface area contributed by atoms with Gasteiger partial charge >= 0.3 is 0 Å². The van der Waals surface area contributed by atoms with Crippen molar-refractivity contribution in [3.05, 3.63) is 64.1 Å². The Morgan fingerprint density at radius 3 is 2.50 bits per heavy atom. The van der Waals surface area contributed by atoms with Gasteiger partial charge in [0, 0.05) is 37.8 Å². The van der Waals surface area contributed by atoms with E-state index in [-0.39, 0.29) is 22.9 Å². The maximum Gasteiger partial charge on any atom is 0.263 e. The number of aromatic nitrogens is 1. The van der Waals surface area contributed by atoms with Crippen molar-refractivity contribution in [2.45, 2.75) is 17.7 Å². The third-order valence-electron chi connectivity index (χ3n) is 5.16. The van der Waals surface area contributed by atoms with E-state index in [1.165, 1.54) is 4.57 Å². The summed E-state index contributed by atoms with van der Waals surface area (Å²) in [5, 5.41) is 3.03. The van der Waals surface area contributed by atoms with Gasteiger partial charge < -0.3 is 14.8 Å². The van der Waals surface area contributed by atoms with E-state index in [1.807, 2.05) is 30.5 Å². The lowest BCUT2D eigenvalue weighted by molar-refractivity contribution is 0.0682. The van der Waals surface area contributed by atoms with Gasteiger partial charge in [-0.25, -0.2) is 0 Å². The first-order valence-electron chi connectivity index (χ1n) is 9.37. The van der Waals surface area contributed by atoms with Gasteiger partial charge in [-0.05, 0) is 49.3 Å². The van der Waals surface area contributed by atoms with Crippen LogP contribution in [0.25, 0.3) is 0 Å². The van der Waals surface area contributed by atoms with Crippen LogP contribution in [0.15, 0.2) is 52.3 Å². The van der Waals surface area contributed by atoms with Crippen molar-refractivity contribution in [3.8, 4) is 0 Å². The highest BCUT2D eigenvalue weighted by molar-refractivity contribution is 7.98. The number of nitrogens with one attached hydrogen (secondary N) is 1. The van der Waals surface area contributed by atoms with Crippen LogP contribution in [0, 0.1) is 5.92 Å². The molecule has 0 atom stereocenters. The summed E-state index contributed by atoms with van der Waals surface area (Å²) in [6.07, 6.45) is 5.22. The molecule has 28 heavy (non-hydrogen) atoms. The molecule has 1 aliphatic heterocycles. The Bertz CT molecular complexity index is 917. The summed E-state index contributed by atoms with van der Waals surface area (Å²) >= 11 is 1.56. The van der Waals surface area contributed by atoms with Crippen molar-refractivity contribution >= 4 is 23.6 Å². The highest BCUT2D eigenvalue weighted by atomic mass is 32.2. The summed E-state index contributed by atoms with van der Waals surface area (Å²) in [6, 6.07) is 10.9. The van der Waals surface area contributed by atoms with Crippen molar-refractivity contribution in [2.24, 2.45) is 13.0 Å². The topological polar surface area (TPSA) is 71.4 Å². The van der Waals surface area contributed by atoms with Crippen LogP contribution in [-0.4, -0.2) is 47.2 Å². The van der Waals surface area contributed by atoms with E-state index in [0.717, 1.165) is 17.7 Å². The Balaban J connectivity index is 1.53. The molecule has 1 fully saturated rings. The number of hydrogen-bond donors (Lipinski definition) is 1. The van der Waals surface area contributed by atoms with Gasteiger partial charge in [0.1, 0.15) is 5.56 Å². The van der Waals surface area contributed by atoms with Gasteiger partial charge in [0.2, 0.25) is 0 Å². The van der Waals surface area contributed by atoms with Crippen molar-refractivity contribution in [3.63, 3.8) is 0 Å². The molecule has 0 spiro atoms. The summed E-state index contributed by atoms with van der Waals surface area (Å²) in [6.45, 7) is 1.79. The predicted molar refractivity (Wildman–Crippen MR) is 111 cm³/mol. The van der Waals surface area contributed by atoms with E-state index in [1.54, 1.807) is 42.0 Å². The number of benzene rings is 1. The predicted octanol–water partition coefficient (Wildman–Crippen LogP) is 2.39. The molecule has 0 aliphatic carbocycles. The van der Waals surface area contributed by atoms with E-state index in [2.05, 4.69) is 5.32 Å². The molecule has 6 nitrogen and oxygen atoms in total. The van der Waals surface area contributed by atoms with Gasteiger partial charge in [-0.1, -0.05) is 12.1 Å². The van der Waals surface area contributed by atoms with Crippen LogP contribution >= 0.6 is 11.8 Å². The van der Waals surface area contributed by atoms with Crippen LogP contribution in [0.1, 0.15) is 33.6 Å². The first kappa shape index (κ1) is 20.2. The maximum atomic E-state index is 12.6. The number of piperidine rings is 1. The zero-order valence-electron chi connectivity index (χ0n) is 16.2. The van der Waals surface area contributed by atoms with E-state index < -0.39 is 0 Å². The molecule has 2 amide bonds. The zero-order chi connectivity index (χ0) is 20.1. The minimum absolute atomic E-state index is 0.0590. The number of nitrogens with zero attached hydrogens (tertiary/aromatic N) is 2. The molecule has 1 aromatic heterocycles. The van der Waals surface area contributed by atoms with Crippen LogP contribution in [-0.2, 0) is 7.05 Å². The molecule has 0 radical (unpaired) electrons. The smallest absolute Gasteiger partial charge is 0.263 e. The fraction of sp³-hybridized carbons (Fsp3) is 0.381. The van der Waals surface area contributed by atoms with Crippen molar-refractivity contribution in [2.75, 3.05) is 25.9 Å². The third kappa shape index (κ3) is 4.47. The molecule has 0 unspecified atom stereocenters. The van der Waals surface area contributed by atoms with Gasteiger partial charge in [0.05, 0.1) is 5.56 Å². The molecular weight excluding hydrogens is 374 g/mol. The Hall–Kier alpha value is -2.54. The molecule has 3 rings (SSSR count). The number of thioether (sulfide) groups is 1. The summed E-state index contributed by atoms with van der Waals surface area (Å²) in [7, 11) is 1.64. The molecule has 7 heteroatoms. The van der Waals surface area contributed by atoms with Crippen LogP contribution < -0.4 is 10.9 Å². The second-order valence-electron chi connectivity index (χ2n) is 6.98. The first-order chi connectivity index (χ1) is 13.5. The molecular formula is C21H25N3O3S. The number of aryl methyl sites for hydroxylation is 1. The standard InChI is InChI=1S/C21H25N3O3S/c1-23-11-5-7-17(20(23)26)21(27)24-12-9-15(10-13-24)14-22-19(25)16-6-3-4-8-18(16)28-2/h3-8,11,15H,9-10,12-14H2,1-2H3,(H,22,25). The van der Waals surface area contributed by atoms with E-state index in [4.69, 9.17) is 0 Å². The summed E-state index contributed by atoms with van der Waals surface area (Å²) < 4.78 is 1.42. The second-order valence-corrected chi connectivity index (χ2v) is 7.83. The van der Waals surface area contributed by atoms with Gasteiger partial charge in [0.25, 0.3) is 17.4 Å². The molecule has 0 bridgehead atoms. The molecule has 1 aromatic carbocycles. The Morgan fingerprint density at radius 1 is 1.11 bits per heavy atom. The maximum absolute atomic E-state index is 12.6. The van der Waals surface area contributed by atoms with Crippen molar-refractivity contribution < 1.29 is 9.59 Å². The summed E-state index contributed by atoms with van der Waals surface area (Å²) in [5.74, 6) is 0.0573. The molecule has 0 saturated carbocycles. The van der Waals surface area contributed by atoms with Gasteiger partial charge in [-0.15, -0.1) is 11.8 Å². The molecule has 1 N–H and O–H groups in total. The van der Waals surface area contributed by atoms with Gasteiger partial charge in [0.15, 0.2) is 0 Å². The third-order valence-corrected chi connectivity index (χ3v) is 5.95. The normalized spacial score (nSPS) is 14.7. The lowest BCUT2D eigenvalue weighted by atomic mass is 9.96. The fourth-order valence-corrected chi connectivity index (χ4v) is 4.03. The molecule has 1 aliphatic rings. The number of likely N-dealkylation sites (tertiary alicyclic amines) is 1. The largest absolute Gasteiger partial charge is 0.352 e. The second kappa shape index (κ2) is 9.10. The van der Waals surface area contributed by atoms with E-state index in [9.17, 15) is 14.4 Å². The number of pyridine rings is 1. The number of amides is 2. The minimum Gasteiger partial charge on any atom is -0.352 e. The van der Waals surface area contributed by atoms with Crippen molar-refractivity contribution in [1.29, 1.82) is 0 Å². The van der Waals surface area contributed by atoms with E-state index >= 15 is 0 Å². The SMILES string of the molecule is CSc1ccccc1C(=O)NCC1CCN(C(=O)c2cccn(C)c2=O)CC1. The number of carbonyl (C=O) groups is 2. The number of hydrogen-bond acceptors (Lipinski definition) is 4. The molecule has 148 valence electrons. The molecule has 2 aromatic rings. The number of carbonyl (C=O) groups excluding carboxylic acids is 2. The lowest BCUT2D eigenvalue weighted by Gasteiger charge is -2.32. The zero-order valence-corrected chi connectivity index (χ0v) is 17.0. The van der Waals surface area contributed by atoms with Gasteiger partial charge in [-0.2, -0.15) is 0 Å². The minimum atomic E-state index is -0.269. The lowest BCUT2D eigenvalue weighted by Crippen LogP contribution is -2.43. The summed E-state index contributed by atoms with van der Waals surface area (Å²) in [5.41, 5.74) is 0.641. The van der Waals surface area contributed by atoms with E-state index in [0.29, 0.717) is 31.1 Å². The Morgan fingerprint density at radius 2 is 1.79 bits per heavy atom. The van der Waals surface area contributed by atoms with Crippen molar-refractivity contribution in [1.82, 2.24) is 14.8 Å². The monoisotopic (exact) mass is 399 g/mol. The Kier molecular flexibility index (Phi) is 6.57. The van der Waals surface area contributed by atoms with Crippen LogP contribution in [0.3, 0.4) is 0 Å². The molecule has 1 saturated heterocycles. The van der Waals surface area contributed by atoms with Crippen LogP contribution in [0.2, 0.25) is 0 Å². The average Bonchev–Trinajstić information content (AvgIpc) is 2.73.